The second-order valence-corrected chi connectivity index (χ2v) is 6.59. The van der Waals surface area contributed by atoms with Crippen molar-refractivity contribution in [3.8, 4) is 22.8 Å². The fraction of sp³-hybridized carbons (Fsp3) is 0.136. The van der Waals surface area contributed by atoms with E-state index in [9.17, 15) is 4.79 Å². The van der Waals surface area contributed by atoms with Gasteiger partial charge in [-0.1, -0.05) is 23.7 Å². The van der Waals surface area contributed by atoms with Crippen molar-refractivity contribution >= 4 is 23.7 Å². The van der Waals surface area contributed by atoms with Gasteiger partial charge in [0.25, 0.3) is 5.91 Å². The van der Waals surface area contributed by atoms with Crippen LogP contribution in [0, 0.1) is 6.92 Å². The predicted octanol–water partition coefficient (Wildman–Crippen LogP) is 4.49. The number of nitrogens with one attached hydrogen (secondary N) is 1. The van der Waals surface area contributed by atoms with Gasteiger partial charge in [-0.15, -0.1) is 0 Å². The average Bonchev–Trinajstić information content (AvgIpc) is 2.74. The van der Waals surface area contributed by atoms with Crippen molar-refractivity contribution < 1.29 is 14.3 Å². The zero-order valence-corrected chi connectivity index (χ0v) is 17.0. The molecule has 29 heavy (non-hydrogen) atoms. The van der Waals surface area contributed by atoms with Crippen molar-refractivity contribution in [1.82, 2.24) is 10.4 Å². The number of methoxy groups -OCH3 is 2. The molecule has 7 heteroatoms. The predicted molar refractivity (Wildman–Crippen MR) is 114 cm³/mol. The summed E-state index contributed by atoms with van der Waals surface area (Å²) < 4.78 is 10.5. The molecule has 1 N–H and O–H groups in total. The third kappa shape index (κ3) is 4.92. The number of hydrazone groups is 1. The quantitative estimate of drug-likeness (QED) is 0.481. The molecule has 0 saturated carbocycles. The number of amides is 1. The lowest BCUT2D eigenvalue weighted by Gasteiger charge is -2.08. The van der Waals surface area contributed by atoms with Crippen molar-refractivity contribution in [2.24, 2.45) is 5.10 Å². The van der Waals surface area contributed by atoms with Crippen LogP contribution >= 0.6 is 11.6 Å². The minimum atomic E-state index is -0.339. The number of hydrogen-bond acceptors (Lipinski definition) is 5. The van der Waals surface area contributed by atoms with E-state index >= 15 is 0 Å². The van der Waals surface area contributed by atoms with Gasteiger partial charge in [-0.3, -0.25) is 9.78 Å². The van der Waals surface area contributed by atoms with Gasteiger partial charge < -0.3 is 9.47 Å². The van der Waals surface area contributed by atoms with E-state index < -0.39 is 0 Å². The van der Waals surface area contributed by atoms with Gasteiger partial charge in [0.2, 0.25) is 0 Å². The third-order valence-corrected chi connectivity index (χ3v) is 4.51. The molecule has 0 atom stereocenters. The number of hydrogen-bond donors (Lipinski definition) is 1. The topological polar surface area (TPSA) is 72.8 Å². The molecule has 0 spiro atoms. The molecule has 0 saturated heterocycles. The van der Waals surface area contributed by atoms with Crippen LogP contribution in [0.4, 0.5) is 0 Å². The smallest absolute Gasteiger partial charge is 0.273 e. The summed E-state index contributed by atoms with van der Waals surface area (Å²) in [5.74, 6) is 0.867. The van der Waals surface area contributed by atoms with Crippen molar-refractivity contribution in [1.29, 1.82) is 0 Å². The summed E-state index contributed by atoms with van der Waals surface area (Å²) in [5, 5.41) is 4.68. The summed E-state index contributed by atoms with van der Waals surface area (Å²) in [5.41, 5.74) is 6.04. The number of carbonyl (C=O) groups is 1. The van der Waals surface area contributed by atoms with Gasteiger partial charge in [0, 0.05) is 10.6 Å². The first-order chi connectivity index (χ1) is 14.0. The second kappa shape index (κ2) is 9.21. The first-order valence-corrected chi connectivity index (χ1v) is 9.18. The molecule has 6 nitrogen and oxygen atoms in total. The molecule has 0 aliphatic rings. The maximum atomic E-state index is 12.4. The minimum absolute atomic E-state index is 0.339. The summed E-state index contributed by atoms with van der Waals surface area (Å²) in [4.78, 5) is 17.0. The fourth-order valence-electron chi connectivity index (χ4n) is 2.74. The lowest BCUT2D eigenvalue weighted by molar-refractivity contribution is 0.0954. The Hall–Kier alpha value is -3.38. The Morgan fingerprint density at radius 3 is 2.41 bits per heavy atom. The monoisotopic (exact) mass is 409 g/mol. The lowest BCUT2D eigenvalue weighted by atomic mass is 10.1. The number of rotatable bonds is 6. The molecule has 3 aromatic rings. The molecule has 0 aliphatic carbocycles. The maximum Gasteiger partial charge on any atom is 0.273 e. The molecule has 148 valence electrons. The molecule has 0 unspecified atom stereocenters. The Bertz CT molecular complexity index is 1050. The summed E-state index contributed by atoms with van der Waals surface area (Å²) in [7, 11) is 3.13. The molecule has 2 aromatic carbocycles. The van der Waals surface area contributed by atoms with Crippen LogP contribution in [0.1, 0.15) is 21.6 Å². The van der Waals surface area contributed by atoms with Gasteiger partial charge >= 0.3 is 0 Å². The summed E-state index contributed by atoms with van der Waals surface area (Å²) >= 11 is 5.92. The third-order valence-electron chi connectivity index (χ3n) is 4.26. The molecule has 0 fully saturated rings. The first-order valence-electron chi connectivity index (χ1n) is 8.81. The van der Waals surface area contributed by atoms with E-state index in [1.807, 2.05) is 18.2 Å². The Labute approximate surface area is 174 Å². The SMILES string of the molecule is COc1ccc(/C=N/NC(=O)c2ccc(-c3ccc(Cl)cc3)nc2C)cc1OC. The standard InChI is InChI=1S/C22H20ClN3O3/c1-14-18(9-10-19(25-14)16-5-7-17(23)8-6-16)22(27)26-24-13-15-4-11-20(28-2)21(12-15)29-3/h4-13H,1-3H3,(H,26,27)/b24-13+. The van der Waals surface area contributed by atoms with Crippen LogP contribution in [0.2, 0.25) is 5.02 Å². The Kier molecular flexibility index (Phi) is 6.46. The molecule has 0 aliphatic heterocycles. The number of aryl methyl sites for hydroxylation is 1. The highest BCUT2D eigenvalue weighted by Gasteiger charge is 2.11. The zero-order chi connectivity index (χ0) is 20.8. The van der Waals surface area contributed by atoms with E-state index in [1.165, 1.54) is 6.21 Å². The highest BCUT2D eigenvalue weighted by Crippen LogP contribution is 2.27. The van der Waals surface area contributed by atoms with Crippen LogP contribution in [0.5, 0.6) is 11.5 Å². The number of ether oxygens (including phenoxy) is 2. The summed E-state index contributed by atoms with van der Waals surface area (Å²) in [6.45, 7) is 1.78. The normalized spacial score (nSPS) is 10.8. The molecule has 0 bridgehead atoms. The van der Waals surface area contributed by atoms with Crippen LogP contribution in [-0.4, -0.2) is 31.3 Å². The van der Waals surface area contributed by atoms with Crippen LogP contribution in [0.3, 0.4) is 0 Å². The van der Waals surface area contributed by atoms with E-state index in [4.69, 9.17) is 21.1 Å². The average molecular weight is 410 g/mol. The maximum absolute atomic E-state index is 12.4. The van der Waals surface area contributed by atoms with Gasteiger partial charge in [0.1, 0.15) is 0 Å². The largest absolute Gasteiger partial charge is 0.493 e. The Morgan fingerprint density at radius 2 is 1.76 bits per heavy atom. The first kappa shape index (κ1) is 20.4. The molecular weight excluding hydrogens is 390 g/mol. The van der Waals surface area contributed by atoms with Crippen LogP contribution in [0.25, 0.3) is 11.3 Å². The van der Waals surface area contributed by atoms with Crippen molar-refractivity contribution in [2.45, 2.75) is 6.92 Å². The van der Waals surface area contributed by atoms with Gasteiger partial charge in [-0.25, -0.2) is 5.43 Å². The molecule has 1 aromatic heterocycles. The molecule has 1 heterocycles. The van der Waals surface area contributed by atoms with Crippen molar-refractivity contribution in [2.75, 3.05) is 14.2 Å². The van der Waals surface area contributed by atoms with Crippen LogP contribution in [0.15, 0.2) is 59.7 Å². The van der Waals surface area contributed by atoms with Crippen LogP contribution < -0.4 is 14.9 Å². The van der Waals surface area contributed by atoms with Gasteiger partial charge in [0.05, 0.1) is 37.4 Å². The molecule has 1 amide bonds. The van der Waals surface area contributed by atoms with Gasteiger partial charge in [-0.2, -0.15) is 5.10 Å². The van der Waals surface area contributed by atoms with E-state index in [1.54, 1.807) is 57.5 Å². The second-order valence-electron chi connectivity index (χ2n) is 6.15. The van der Waals surface area contributed by atoms with Crippen molar-refractivity contribution in [3.63, 3.8) is 0 Å². The molecular formula is C22H20ClN3O3. The highest BCUT2D eigenvalue weighted by molar-refractivity contribution is 6.30. The van der Waals surface area contributed by atoms with E-state index in [2.05, 4.69) is 15.5 Å². The van der Waals surface area contributed by atoms with E-state index in [0.717, 1.165) is 16.8 Å². The highest BCUT2D eigenvalue weighted by atomic mass is 35.5. The number of aromatic nitrogens is 1. The number of carbonyl (C=O) groups excluding carboxylic acids is 1. The molecule has 0 radical (unpaired) electrons. The van der Waals surface area contributed by atoms with E-state index in [-0.39, 0.29) is 5.91 Å². The zero-order valence-electron chi connectivity index (χ0n) is 16.3. The number of halogens is 1. The van der Waals surface area contributed by atoms with Crippen molar-refractivity contribution in [3.05, 3.63) is 76.4 Å². The van der Waals surface area contributed by atoms with Crippen LogP contribution in [-0.2, 0) is 0 Å². The van der Waals surface area contributed by atoms with Gasteiger partial charge in [0.15, 0.2) is 11.5 Å². The lowest BCUT2D eigenvalue weighted by Crippen LogP contribution is -2.19. The Morgan fingerprint density at radius 1 is 1.03 bits per heavy atom. The molecule has 3 rings (SSSR count). The van der Waals surface area contributed by atoms with Gasteiger partial charge in [-0.05, 0) is 55.0 Å². The summed E-state index contributed by atoms with van der Waals surface area (Å²) in [6, 6.07) is 16.2. The Balaban J connectivity index is 1.71. The fourth-order valence-corrected chi connectivity index (χ4v) is 2.87. The van der Waals surface area contributed by atoms with E-state index in [0.29, 0.717) is 27.8 Å². The number of benzene rings is 2. The number of nitrogens with zero attached hydrogens (tertiary/aromatic N) is 2. The number of pyridine rings is 1. The summed E-state index contributed by atoms with van der Waals surface area (Å²) in [6.07, 6.45) is 1.53. The minimum Gasteiger partial charge on any atom is -0.493 e.